The maximum absolute atomic E-state index is 9.52. The van der Waals surface area contributed by atoms with Crippen LogP contribution in [0.15, 0.2) is 6.07 Å². The van der Waals surface area contributed by atoms with E-state index in [-0.39, 0.29) is 12.0 Å². The first kappa shape index (κ1) is 14.7. The van der Waals surface area contributed by atoms with Crippen molar-refractivity contribution in [3.05, 3.63) is 11.8 Å². The van der Waals surface area contributed by atoms with Crippen molar-refractivity contribution < 1.29 is 5.11 Å². The fourth-order valence-electron chi connectivity index (χ4n) is 1.83. The van der Waals surface area contributed by atoms with Gasteiger partial charge in [-0.1, -0.05) is 13.8 Å². The molecule has 0 aliphatic heterocycles. The van der Waals surface area contributed by atoms with E-state index in [4.69, 9.17) is 0 Å². The summed E-state index contributed by atoms with van der Waals surface area (Å²) in [5.41, 5.74) is 0.845. The lowest BCUT2D eigenvalue weighted by Gasteiger charge is -2.29. The molecular weight excluding hydrogens is 228 g/mol. The van der Waals surface area contributed by atoms with Crippen LogP contribution in [-0.2, 0) is 0 Å². The van der Waals surface area contributed by atoms with E-state index in [0.29, 0.717) is 5.95 Å². The van der Waals surface area contributed by atoms with E-state index in [1.165, 1.54) is 0 Å². The number of aromatic nitrogens is 2. The molecule has 1 rings (SSSR count). The van der Waals surface area contributed by atoms with Gasteiger partial charge in [0.15, 0.2) is 0 Å². The summed E-state index contributed by atoms with van der Waals surface area (Å²) in [5, 5.41) is 15.8. The fraction of sp³-hybridized carbons (Fsp3) is 0.692. The van der Waals surface area contributed by atoms with Gasteiger partial charge in [0, 0.05) is 30.8 Å². The van der Waals surface area contributed by atoms with Crippen molar-refractivity contribution in [2.24, 2.45) is 5.41 Å². The van der Waals surface area contributed by atoms with Crippen molar-refractivity contribution in [2.75, 3.05) is 30.8 Å². The van der Waals surface area contributed by atoms with Crippen LogP contribution in [0.25, 0.3) is 0 Å². The summed E-state index contributed by atoms with van der Waals surface area (Å²) in [7, 11) is 1.80. The third-order valence-electron chi connectivity index (χ3n) is 3.56. The van der Waals surface area contributed by atoms with Gasteiger partial charge in [-0.3, -0.25) is 0 Å². The van der Waals surface area contributed by atoms with Gasteiger partial charge in [0.25, 0.3) is 0 Å². The standard InChI is InChI=1S/C13H24N4O/c1-5-13(6-2,9-18)8-15-11-7-10(3)16-12(14-4)17-11/h7,18H,5-6,8-9H2,1-4H3,(H2,14,15,16,17). The Morgan fingerprint density at radius 1 is 1.28 bits per heavy atom. The first-order chi connectivity index (χ1) is 8.59. The van der Waals surface area contributed by atoms with Crippen LogP contribution in [0.2, 0.25) is 0 Å². The van der Waals surface area contributed by atoms with E-state index in [2.05, 4.69) is 34.4 Å². The molecule has 0 amide bonds. The van der Waals surface area contributed by atoms with Crippen molar-refractivity contribution in [2.45, 2.75) is 33.6 Å². The minimum absolute atomic E-state index is 0.0708. The number of aryl methyl sites for hydroxylation is 1. The predicted octanol–water partition coefficient (Wildman–Crippen LogP) is 2.04. The second-order valence-electron chi connectivity index (χ2n) is 4.69. The van der Waals surface area contributed by atoms with Gasteiger partial charge in [-0.25, -0.2) is 4.98 Å². The third-order valence-corrected chi connectivity index (χ3v) is 3.56. The lowest BCUT2D eigenvalue weighted by Crippen LogP contribution is -2.32. The number of aliphatic hydroxyl groups excluding tert-OH is 1. The van der Waals surface area contributed by atoms with Gasteiger partial charge in [0.2, 0.25) is 5.95 Å². The maximum atomic E-state index is 9.52. The molecule has 0 saturated heterocycles. The van der Waals surface area contributed by atoms with Gasteiger partial charge < -0.3 is 15.7 Å². The van der Waals surface area contributed by atoms with Crippen LogP contribution in [0, 0.1) is 12.3 Å². The Morgan fingerprint density at radius 2 is 1.94 bits per heavy atom. The molecule has 0 aliphatic rings. The molecule has 1 aromatic heterocycles. The Kier molecular flexibility index (Phi) is 5.34. The van der Waals surface area contributed by atoms with Crippen molar-refractivity contribution in [3.63, 3.8) is 0 Å². The molecular formula is C13H24N4O. The second-order valence-corrected chi connectivity index (χ2v) is 4.69. The summed E-state index contributed by atoms with van der Waals surface area (Å²) in [6.45, 7) is 7.05. The summed E-state index contributed by atoms with van der Waals surface area (Å²) in [6, 6.07) is 1.91. The lowest BCUT2D eigenvalue weighted by atomic mass is 9.83. The Bertz CT molecular complexity index is 369. The van der Waals surface area contributed by atoms with Gasteiger partial charge in [0.05, 0.1) is 6.61 Å². The summed E-state index contributed by atoms with van der Waals surface area (Å²) in [4.78, 5) is 8.59. The molecule has 0 fully saturated rings. The number of rotatable bonds is 7. The zero-order valence-corrected chi connectivity index (χ0v) is 11.7. The molecule has 0 radical (unpaired) electrons. The Labute approximate surface area is 109 Å². The predicted molar refractivity (Wildman–Crippen MR) is 74.9 cm³/mol. The molecule has 0 bridgehead atoms. The van der Waals surface area contributed by atoms with E-state index >= 15 is 0 Å². The van der Waals surface area contributed by atoms with E-state index < -0.39 is 0 Å². The van der Waals surface area contributed by atoms with E-state index in [9.17, 15) is 5.11 Å². The Morgan fingerprint density at radius 3 is 2.44 bits per heavy atom. The van der Waals surface area contributed by atoms with Crippen LogP contribution >= 0.6 is 0 Å². The van der Waals surface area contributed by atoms with Crippen LogP contribution in [-0.4, -0.2) is 35.3 Å². The average molecular weight is 252 g/mol. The molecule has 1 heterocycles. The third kappa shape index (κ3) is 3.57. The number of nitrogens with one attached hydrogen (secondary N) is 2. The number of hydrogen-bond donors (Lipinski definition) is 3. The van der Waals surface area contributed by atoms with Gasteiger partial charge in [-0.05, 0) is 19.8 Å². The highest BCUT2D eigenvalue weighted by Crippen LogP contribution is 2.26. The van der Waals surface area contributed by atoms with E-state index in [1.807, 2.05) is 13.0 Å². The molecule has 3 N–H and O–H groups in total. The van der Waals surface area contributed by atoms with Crippen molar-refractivity contribution in [1.82, 2.24) is 9.97 Å². The van der Waals surface area contributed by atoms with Crippen molar-refractivity contribution >= 4 is 11.8 Å². The fourth-order valence-corrected chi connectivity index (χ4v) is 1.83. The average Bonchev–Trinajstić information content (AvgIpc) is 2.40. The molecule has 18 heavy (non-hydrogen) atoms. The molecule has 0 atom stereocenters. The highest BCUT2D eigenvalue weighted by molar-refractivity contribution is 5.42. The van der Waals surface area contributed by atoms with Crippen LogP contribution < -0.4 is 10.6 Å². The number of nitrogens with zero attached hydrogens (tertiary/aromatic N) is 2. The molecule has 5 nitrogen and oxygen atoms in total. The Balaban J connectivity index is 2.76. The van der Waals surface area contributed by atoms with Crippen LogP contribution in [0.3, 0.4) is 0 Å². The lowest BCUT2D eigenvalue weighted by molar-refractivity contribution is 0.127. The second kappa shape index (κ2) is 6.54. The maximum Gasteiger partial charge on any atom is 0.224 e. The summed E-state index contributed by atoms with van der Waals surface area (Å²) in [5.74, 6) is 1.41. The van der Waals surface area contributed by atoms with Gasteiger partial charge in [-0.15, -0.1) is 0 Å². The van der Waals surface area contributed by atoms with E-state index in [0.717, 1.165) is 30.9 Å². The highest BCUT2D eigenvalue weighted by Gasteiger charge is 2.25. The Hall–Kier alpha value is -1.36. The van der Waals surface area contributed by atoms with Crippen LogP contribution in [0.1, 0.15) is 32.4 Å². The van der Waals surface area contributed by atoms with E-state index in [1.54, 1.807) is 7.05 Å². The summed E-state index contributed by atoms with van der Waals surface area (Å²) in [6.07, 6.45) is 1.88. The first-order valence-electron chi connectivity index (χ1n) is 6.47. The minimum Gasteiger partial charge on any atom is -0.396 e. The first-order valence-corrected chi connectivity index (χ1v) is 6.47. The zero-order chi connectivity index (χ0) is 13.6. The van der Waals surface area contributed by atoms with Crippen LogP contribution in [0.4, 0.5) is 11.8 Å². The van der Waals surface area contributed by atoms with Gasteiger partial charge >= 0.3 is 0 Å². The van der Waals surface area contributed by atoms with Crippen molar-refractivity contribution in [3.8, 4) is 0 Å². The minimum atomic E-state index is -0.0708. The number of aliphatic hydroxyl groups is 1. The summed E-state index contributed by atoms with van der Waals surface area (Å²) < 4.78 is 0. The normalized spacial score (nSPS) is 11.4. The van der Waals surface area contributed by atoms with Crippen LogP contribution in [0.5, 0.6) is 0 Å². The van der Waals surface area contributed by atoms with Crippen molar-refractivity contribution in [1.29, 1.82) is 0 Å². The molecule has 0 aromatic carbocycles. The highest BCUT2D eigenvalue weighted by atomic mass is 16.3. The smallest absolute Gasteiger partial charge is 0.224 e. The number of anilines is 2. The molecule has 5 heteroatoms. The molecule has 0 unspecified atom stereocenters. The molecule has 1 aromatic rings. The monoisotopic (exact) mass is 252 g/mol. The quantitative estimate of drug-likeness (QED) is 0.692. The SMILES string of the molecule is CCC(CC)(CO)CNc1cc(C)nc(NC)n1. The molecule has 0 spiro atoms. The molecule has 102 valence electrons. The van der Waals surface area contributed by atoms with Gasteiger partial charge in [-0.2, -0.15) is 4.98 Å². The van der Waals surface area contributed by atoms with Gasteiger partial charge in [0.1, 0.15) is 5.82 Å². The summed E-state index contributed by atoms with van der Waals surface area (Å²) >= 11 is 0. The molecule has 0 saturated carbocycles. The largest absolute Gasteiger partial charge is 0.396 e. The zero-order valence-electron chi connectivity index (χ0n) is 11.7. The topological polar surface area (TPSA) is 70.1 Å². The number of hydrogen-bond acceptors (Lipinski definition) is 5. The molecule has 0 aliphatic carbocycles.